The molecule has 0 aliphatic heterocycles. The molecule has 0 saturated carbocycles. The Balaban J connectivity index is 0.000000671. The third-order valence-corrected chi connectivity index (χ3v) is 1.25. The quantitative estimate of drug-likeness (QED) is 0.511. The van der Waals surface area contributed by atoms with Crippen LogP contribution in [0, 0.1) is 11.6 Å². The van der Waals surface area contributed by atoms with Crippen LogP contribution >= 0.6 is 0 Å². The predicted octanol–water partition coefficient (Wildman–Crippen LogP) is 0.968. The summed E-state index contributed by atoms with van der Waals surface area (Å²) < 4.78 is 24.7. The molecule has 72 valence electrons. The second kappa shape index (κ2) is 5.21. The molecule has 0 spiro atoms. The highest BCUT2D eigenvalue weighted by Gasteiger charge is 2.05. The molecule has 1 rings (SSSR count). The number of carbonyl (C=O) groups excluding carboxylic acids is 1. The molecule has 0 aromatic heterocycles. The smallest absolute Gasteiger partial charge is 0.160 e. The van der Waals surface area contributed by atoms with Crippen molar-refractivity contribution < 1.29 is 18.7 Å². The number of nitrogen functional groups attached to an aromatic ring is 1. The van der Waals surface area contributed by atoms with E-state index < -0.39 is 11.6 Å². The molecule has 0 saturated heterocycles. The van der Waals surface area contributed by atoms with Gasteiger partial charge in [0.25, 0.3) is 0 Å². The summed E-state index contributed by atoms with van der Waals surface area (Å²) in [7, 11) is 1.00. The highest BCUT2D eigenvalue weighted by atomic mass is 19.2. The van der Waals surface area contributed by atoms with Crippen molar-refractivity contribution >= 4 is 12.0 Å². The summed E-state index contributed by atoms with van der Waals surface area (Å²) in [6.07, 6.45) is 0.373. The van der Waals surface area contributed by atoms with Crippen molar-refractivity contribution in [2.45, 2.75) is 0 Å². The van der Waals surface area contributed by atoms with E-state index in [2.05, 4.69) is 0 Å². The van der Waals surface area contributed by atoms with E-state index in [4.69, 9.17) is 10.8 Å². The average Bonchev–Trinajstić information content (AvgIpc) is 2.15. The lowest BCUT2D eigenvalue weighted by Gasteiger charge is -1.98. The lowest BCUT2D eigenvalue weighted by atomic mass is 10.2. The van der Waals surface area contributed by atoms with Crippen LogP contribution in [0.4, 0.5) is 14.5 Å². The van der Waals surface area contributed by atoms with E-state index in [-0.39, 0.29) is 11.3 Å². The molecule has 0 fully saturated rings. The molecule has 5 heteroatoms. The van der Waals surface area contributed by atoms with Gasteiger partial charge in [-0.3, -0.25) is 4.79 Å². The number of carbonyl (C=O) groups is 1. The Morgan fingerprint density at radius 1 is 1.31 bits per heavy atom. The fraction of sp³-hybridized carbons (Fsp3) is 0.125. The van der Waals surface area contributed by atoms with Gasteiger partial charge in [0.1, 0.15) is 0 Å². The number of hydrogen-bond acceptors (Lipinski definition) is 3. The standard InChI is InChI=1S/C7H5F2NO.CH4O/c8-5-1-4(3-11)7(10)2-6(5)9;1-2/h1-3H,10H2;2H,1H3. The number of aliphatic hydroxyl groups is 1. The summed E-state index contributed by atoms with van der Waals surface area (Å²) in [6.45, 7) is 0. The van der Waals surface area contributed by atoms with Crippen LogP contribution in [-0.4, -0.2) is 18.5 Å². The molecule has 0 aliphatic carbocycles. The Morgan fingerprint density at radius 3 is 2.23 bits per heavy atom. The molecular weight excluding hydrogens is 180 g/mol. The fourth-order valence-electron chi connectivity index (χ4n) is 0.680. The summed E-state index contributed by atoms with van der Waals surface area (Å²) in [6, 6.07) is 1.54. The third kappa shape index (κ3) is 2.79. The largest absolute Gasteiger partial charge is 0.400 e. The molecule has 0 heterocycles. The minimum Gasteiger partial charge on any atom is -0.400 e. The lowest BCUT2D eigenvalue weighted by Crippen LogP contribution is -1.96. The van der Waals surface area contributed by atoms with Gasteiger partial charge in [0.2, 0.25) is 0 Å². The molecule has 0 unspecified atom stereocenters. The third-order valence-electron chi connectivity index (χ3n) is 1.25. The van der Waals surface area contributed by atoms with E-state index in [1.807, 2.05) is 0 Å². The zero-order valence-corrected chi connectivity index (χ0v) is 6.92. The van der Waals surface area contributed by atoms with Crippen LogP contribution in [0.2, 0.25) is 0 Å². The maximum absolute atomic E-state index is 12.4. The van der Waals surface area contributed by atoms with Crippen LogP contribution in [0.25, 0.3) is 0 Å². The SMILES string of the molecule is CO.Nc1cc(F)c(F)cc1C=O. The number of benzene rings is 1. The monoisotopic (exact) mass is 189 g/mol. The maximum Gasteiger partial charge on any atom is 0.160 e. The maximum atomic E-state index is 12.4. The minimum absolute atomic E-state index is 0.0381. The number of aliphatic hydroxyl groups excluding tert-OH is 1. The first-order valence-electron chi connectivity index (χ1n) is 3.29. The number of rotatable bonds is 1. The van der Waals surface area contributed by atoms with Crippen molar-refractivity contribution in [3.8, 4) is 0 Å². The van der Waals surface area contributed by atoms with Gasteiger partial charge in [-0.25, -0.2) is 8.78 Å². The van der Waals surface area contributed by atoms with Gasteiger partial charge in [-0.15, -0.1) is 0 Å². The Morgan fingerprint density at radius 2 is 1.77 bits per heavy atom. The first-order chi connectivity index (χ1) is 6.15. The van der Waals surface area contributed by atoms with Crippen LogP contribution < -0.4 is 5.73 Å². The summed E-state index contributed by atoms with van der Waals surface area (Å²) in [5, 5.41) is 7.00. The average molecular weight is 189 g/mol. The highest BCUT2D eigenvalue weighted by molar-refractivity contribution is 5.83. The summed E-state index contributed by atoms with van der Waals surface area (Å²) in [5.74, 6) is -2.12. The van der Waals surface area contributed by atoms with Crippen molar-refractivity contribution in [3.05, 3.63) is 29.3 Å². The van der Waals surface area contributed by atoms with Crippen molar-refractivity contribution in [2.75, 3.05) is 12.8 Å². The molecule has 0 amide bonds. The molecule has 1 aromatic rings. The zero-order chi connectivity index (χ0) is 10.4. The van der Waals surface area contributed by atoms with Gasteiger partial charge in [0, 0.05) is 24.4 Å². The molecular formula is C8H9F2NO2. The Labute approximate surface area is 73.8 Å². The van der Waals surface area contributed by atoms with E-state index in [1.54, 1.807) is 0 Å². The van der Waals surface area contributed by atoms with E-state index >= 15 is 0 Å². The lowest BCUT2D eigenvalue weighted by molar-refractivity contribution is 0.112. The first kappa shape index (κ1) is 11.5. The molecule has 0 radical (unpaired) electrons. The summed E-state index contributed by atoms with van der Waals surface area (Å²) >= 11 is 0. The molecule has 0 bridgehead atoms. The molecule has 13 heavy (non-hydrogen) atoms. The van der Waals surface area contributed by atoms with Gasteiger partial charge in [-0.2, -0.15) is 0 Å². The number of halogens is 2. The van der Waals surface area contributed by atoms with Gasteiger partial charge in [0.05, 0.1) is 0 Å². The second-order valence-corrected chi connectivity index (χ2v) is 2.01. The Kier molecular flexibility index (Phi) is 4.61. The second-order valence-electron chi connectivity index (χ2n) is 2.01. The van der Waals surface area contributed by atoms with Crippen molar-refractivity contribution in [2.24, 2.45) is 0 Å². The van der Waals surface area contributed by atoms with Gasteiger partial charge < -0.3 is 10.8 Å². The van der Waals surface area contributed by atoms with Crippen molar-refractivity contribution in [1.29, 1.82) is 0 Å². The van der Waals surface area contributed by atoms with Crippen LogP contribution in [-0.2, 0) is 0 Å². The fourth-order valence-corrected chi connectivity index (χ4v) is 0.680. The van der Waals surface area contributed by atoms with Crippen LogP contribution in [0.1, 0.15) is 10.4 Å². The molecule has 0 atom stereocenters. The van der Waals surface area contributed by atoms with Crippen LogP contribution in [0.3, 0.4) is 0 Å². The molecule has 3 nitrogen and oxygen atoms in total. The van der Waals surface area contributed by atoms with E-state index in [9.17, 15) is 13.6 Å². The number of aldehydes is 1. The first-order valence-corrected chi connectivity index (χ1v) is 3.29. The highest BCUT2D eigenvalue weighted by Crippen LogP contribution is 2.14. The topological polar surface area (TPSA) is 63.3 Å². The van der Waals surface area contributed by atoms with Gasteiger partial charge in [0.15, 0.2) is 17.9 Å². The van der Waals surface area contributed by atoms with E-state index in [0.717, 1.165) is 19.2 Å². The number of anilines is 1. The van der Waals surface area contributed by atoms with Gasteiger partial charge >= 0.3 is 0 Å². The van der Waals surface area contributed by atoms with Crippen molar-refractivity contribution in [1.82, 2.24) is 0 Å². The zero-order valence-electron chi connectivity index (χ0n) is 6.92. The summed E-state index contributed by atoms with van der Waals surface area (Å²) in [4.78, 5) is 10.1. The van der Waals surface area contributed by atoms with Gasteiger partial charge in [-0.1, -0.05) is 0 Å². The number of hydrogen-bond donors (Lipinski definition) is 2. The van der Waals surface area contributed by atoms with Crippen LogP contribution in [0.5, 0.6) is 0 Å². The normalized spacial score (nSPS) is 8.62. The minimum atomic E-state index is -1.07. The molecule has 0 aliphatic rings. The number of nitrogens with two attached hydrogens (primary N) is 1. The van der Waals surface area contributed by atoms with Crippen LogP contribution in [0.15, 0.2) is 12.1 Å². The Hall–Kier alpha value is -1.49. The van der Waals surface area contributed by atoms with Crippen molar-refractivity contribution in [3.63, 3.8) is 0 Å². The van der Waals surface area contributed by atoms with Gasteiger partial charge in [-0.05, 0) is 6.07 Å². The van der Waals surface area contributed by atoms with E-state index in [0.29, 0.717) is 6.29 Å². The molecule has 1 aromatic carbocycles. The summed E-state index contributed by atoms with van der Waals surface area (Å²) in [5.41, 5.74) is 5.07. The predicted molar refractivity (Wildman–Crippen MR) is 44.3 cm³/mol. The molecule has 3 N–H and O–H groups in total. The Bertz CT molecular complexity index is 302. The van der Waals surface area contributed by atoms with E-state index in [1.165, 1.54) is 0 Å².